The second-order valence-corrected chi connectivity index (χ2v) is 9.20. The molecule has 2 aromatic carbocycles. The number of anilines is 1. The molecule has 1 amide bonds. The third-order valence-electron chi connectivity index (χ3n) is 5.79. The number of carbonyl (C=O) groups is 1. The van der Waals surface area contributed by atoms with Gasteiger partial charge in [-0.05, 0) is 54.7 Å². The van der Waals surface area contributed by atoms with E-state index in [0.717, 1.165) is 41.7 Å². The fraction of sp³-hybridized carbons (Fsp3) is 0.320. The van der Waals surface area contributed by atoms with Gasteiger partial charge in [0.05, 0.1) is 0 Å². The van der Waals surface area contributed by atoms with Gasteiger partial charge in [-0.2, -0.15) is 0 Å². The van der Waals surface area contributed by atoms with Crippen LogP contribution in [0.1, 0.15) is 31.2 Å². The van der Waals surface area contributed by atoms with Gasteiger partial charge in [0, 0.05) is 30.4 Å². The minimum atomic E-state index is -0.263. The zero-order valence-corrected chi connectivity index (χ0v) is 18.9. The number of piperidine rings is 1. The van der Waals surface area contributed by atoms with Crippen molar-refractivity contribution in [3.05, 3.63) is 78.1 Å². The molecule has 166 valence electrons. The lowest BCUT2D eigenvalue weighted by atomic mass is 9.95. The Morgan fingerprint density at radius 1 is 1.09 bits per heavy atom. The molecule has 7 heteroatoms. The molecule has 1 saturated heterocycles. The summed E-state index contributed by atoms with van der Waals surface area (Å²) in [5.74, 6) is 1.01. The molecule has 0 spiro atoms. The monoisotopic (exact) mass is 450 g/mol. The van der Waals surface area contributed by atoms with Crippen molar-refractivity contribution in [2.45, 2.75) is 35.6 Å². The van der Waals surface area contributed by atoms with Crippen LogP contribution in [0.3, 0.4) is 0 Å². The maximum Gasteiger partial charge on any atom is 0.223 e. The summed E-state index contributed by atoms with van der Waals surface area (Å²) in [7, 11) is 0. The van der Waals surface area contributed by atoms with E-state index in [9.17, 15) is 9.18 Å². The van der Waals surface area contributed by atoms with Crippen LogP contribution in [0.2, 0.25) is 0 Å². The zero-order valence-electron chi connectivity index (χ0n) is 18.1. The Morgan fingerprint density at radius 3 is 2.56 bits per heavy atom. The van der Waals surface area contributed by atoms with Gasteiger partial charge in [-0.15, -0.1) is 10.2 Å². The van der Waals surface area contributed by atoms with Gasteiger partial charge in [0.2, 0.25) is 5.91 Å². The SMILES string of the molecule is C[C@H](CNC(=O)C1CCN(c2ccc(Sc3cccc(F)c3)nn2)CC1)c1ccccc1. The molecule has 1 fully saturated rings. The number of carbonyl (C=O) groups excluding carboxylic acids is 1. The van der Waals surface area contributed by atoms with Gasteiger partial charge in [0.1, 0.15) is 10.8 Å². The predicted octanol–water partition coefficient (Wildman–Crippen LogP) is 4.90. The standard InChI is InChI=1S/C25H27FN4OS/c1-18(19-6-3-2-4-7-19)17-27-25(31)20-12-14-30(15-13-20)23-10-11-24(29-28-23)32-22-9-5-8-21(26)16-22/h2-11,16,18,20H,12-15,17H2,1H3,(H,27,31)/t18-/m1/s1. The Bertz CT molecular complexity index is 1020. The maximum atomic E-state index is 13.3. The van der Waals surface area contributed by atoms with Crippen molar-refractivity contribution in [2.75, 3.05) is 24.5 Å². The Kier molecular flexibility index (Phi) is 7.37. The van der Waals surface area contributed by atoms with E-state index in [4.69, 9.17) is 0 Å². The number of hydrogen-bond acceptors (Lipinski definition) is 5. The lowest BCUT2D eigenvalue weighted by Crippen LogP contribution is -2.41. The quantitative estimate of drug-likeness (QED) is 0.555. The third kappa shape index (κ3) is 5.85. The summed E-state index contributed by atoms with van der Waals surface area (Å²) >= 11 is 1.38. The van der Waals surface area contributed by atoms with Crippen molar-refractivity contribution in [3.63, 3.8) is 0 Å². The van der Waals surface area contributed by atoms with E-state index in [0.29, 0.717) is 12.5 Å². The van der Waals surface area contributed by atoms with Crippen LogP contribution in [0.4, 0.5) is 10.2 Å². The predicted molar refractivity (Wildman–Crippen MR) is 125 cm³/mol. The smallest absolute Gasteiger partial charge is 0.223 e. The van der Waals surface area contributed by atoms with Crippen molar-refractivity contribution in [2.24, 2.45) is 5.92 Å². The Labute approximate surface area is 192 Å². The minimum absolute atomic E-state index is 0.0324. The van der Waals surface area contributed by atoms with Crippen molar-refractivity contribution in [1.29, 1.82) is 0 Å². The van der Waals surface area contributed by atoms with Crippen molar-refractivity contribution >= 4 is 23.5 Å². The first kappa shape index (κ1) is 22.3. The lowest BCUT2D eigenvalue weighted by molar-refractivity contribution is -0.125. The van der Waals surface area contributed by atoms with Gasteiger partial charge < -0.3 is 10.2 Å². The second kappa shape index (κ2) is 10.6. The molecule has 0 aliphatic carbocycles. The lowest BCUT2D eigenvalue weighted by Gasteiger charge is -2.32. The molecule has 4 rings (SSSR count). The molecule has 1 aromatic heterocycles. The summed E-state index contributed by atoms with van der Waals surface area (Å²) in [5, 5.41) is 12.5. The Balaban J connectivity index is 1.24. The summed E-state index contributed by atoms with van der Waals surface area (Å²) in [6.45, 7) is 4.33. The molecule has 0 bridgehead atoms. The summed E-state index contributed by atoms with van der Waals surface area (Å²) in [5.41, 5.74) is 1.24. The summed E-state index contributed by atoms with van der Waals surface area (Å²) < 4.78 is 13.3. The summed E-state index contributed by atoms with van der Waals surface area (Å²) in [4.78, 5) is 15.6. The highest BCUT2D eigenvalue weighted by Gasteiger charge is 2.26. The van der Waals surface area contributed by atoms with E-state index < -0.39 is 0 Å². The third-order valence-corrected chi connectivity index (χ3v) is 6.70. The molecule has 1 aliphatic heterocycles. The van der Waals surface area contributed by atoms with E-state index in [1.54, 1.807) is 6.07 Å². The number of aromatic nitrogens is 2. The first-order chi connectivity index (χ1) is 15.6. The molecule has 0 saturated carbocycles. The topological polar surface area (TPSA) is 58.1 Å². The fourth-order valence-electron chi connectivity index (χ4n) is 3.86. The van der Waals surface area contributed by atoms with Gasteiger partial charge >= 0.3 is 0 Å². The number of nitrogens with one attached hydrogen (secondary N) is 1. The molecule has 1 aliphatic rings. The first-order valence-corrected chi connectivity index (χ1v) is 11.7. The van der Waals surface area contributed by atoms with Crippen molar-refractivity contribution in [3.8, 4) is 0 Å². The van der Waals surface area contributed by atoms with Gasteiger partial charge in [-0.3, -0.25) is 4.79 Å². The van der Waals surface area contributed by atoms with E-state index in [-0.39, 0.29) is 17.6 Å². The van der Waals surface area contributed by atoms with Crippen LogP contribution >= 0.6 is 11.8 Å². The van der Waals surface area contributed by atoms with Crippen LogP contribution in [-0.4, -0.2) is 35.7 Å². The highest BCUT2D eigenvalue weighted by molar-refractivity contribution is 7.99. The number of nitrogens with zero attached hydrogens (tertiary/aromatic N) is 3. The van der Waals surface area contributed by atoms with Gasteiger partial charge in [0.15, 0.2) is 5.82 Å². The average Bonchev–Trinajstić information content (AvgIpc) is 2.83. The van der Waals surface area contributed by atoms with Gasteiger partial charge in [-0.1, -0.05) is 55.1 Å². The summed E-state index contributed by atoms with van der Waals surface area (Å²) in [6, 6.07) is 20.5. The van der Waals surface area contributed by atoms with E-state index in [2.05, 4.69) is 39.5 Å². The van der Waals surface area contributed by atoms with E-state index in [1.807, 2.05) is 36.4 Å². The number of amides is 1. The molecular weight excluding hydrogens is 423 g/mol. The van der Waals surface area contributed by atoms with E-state index >= 15 is 0 Å². The van der Waals surface area contributed by atoms with Crippen molar-refractivity contribution in [1.82, 2.24) is 15.5 Å². The second-order valence-electron chi connectivity index (χ2n) is 8.11. The summed E-state index contributed by atoms with van der Waals surface area (Å²) in [6.07, 6.45) is 1.60. The van der Waals surface area contributed by atoms with Crippen LogP contribution in [0, 0.1) is 11.7 Å². The number of hydrogen-bond donors (Lipinski definition) is 1. The first-order valence-electron chi connectivity index (χ1n) is 10.9. The highest BCUT2D eigenvalue weighted by atomic mass is 32.2. The van der Waals surface area contributed by atoms with Gasteiger partial charge in [-0.25, -0.2) is 4.39 Å². The molecule has 32 heavy (non-hydrogen) atoms. The Morgan fingerprint density at radius 2 is 1.88 bits per heavy atom. The van der Waals surface area contributed by atoms with Gasteiger partial charge in [0.25, 0.3) is 0 Å². The van der Waals surface area contributed by atoms with Crippen LogP contribution in [0.5, 0.6) is 0 Å². The van der Waals surface area contributed by atoms with Crippen LogP contribution in [0.25, 0.3) is 0 Å². The van der Waals surface area contributed by atoms with Crippen LogP contribution in [0.15, 0.2) is 76.7 Å². The molecule has 3 aromatic rings. The number of benzene rings is 2. The van der Waals surface area contributed by atoms with Crippen LogP contribution < -0.4 is 10.2 Å². The molecule has 1 atom stereocenters. The number of rotatable bonds is 7. The normalized spacial score (nSPS) is 15.4. The van der Waals surface area contributed by atoms with E-state index in [1.165, 1.54) is 29.5 Å². The zero-order chi connectivity index (χ0) is 22.3. The molecule has 2 heterocycles. The average molecular weight is 451 g/mol. The molecule has 0 unspecified atom stereocenters. The molecule has 0 radical (unpaired) electrons. The van der Waals surface area contributed by atoms with Crippen LogP contribution in [-0.2, 0) is 4.79 Å². The minimum Gasteiger partial charge on any atom is -0.355 e. The maximum absolute atomic E-state index is 13.3. The molecule has 5 nitrogen and oxygen atoms in total. The van der Waals surface area contributed by atoms with Crippen molar-refractivity contribution < 1.29 is 9.18 Å². The number of halogens is 1. The highest BCUT2D eigenvalue weighted by Crippen LogP contribution is 2.28. The Hall–Kier alpha value is -2.93. The molecular formula is C25H27FN4OS. The fourth-order valence-corrected chi connectivity index (χ4v) is 4.63. The molecule has 1 N–H and O–H groups in total. The largest absolute Gasteiger partial charge is 0.355 e.